The number of aryl methyl sites for hydroxylation is 1. The van der Waals surface area contributed by atoms with Gasteiger partial charge in [-0.1, -0.05) is 38.1 Å². The van der Waals surface area contributed by atoms with Crippen LogP contribution in [0.3, 0.4) is 0 Å². The van der Waals surface area contributed by atoms with E-state index in [1.165, 1.54) is 10.6 Å². The fraction of sp³-hybridized carbons (Fsp3) is 0.278. The average Bonchev–Trinajstić information content (AvgIpc) is 2.81. The maximum atomic E-state index is 14.2. The number of nitrogens with zero attached hydrogens (tertiary/aromatic N) is 1. The zero-order valence-electron chi connectivity index (χ0n) is 13.4. The summed E-state index contributed by atoms with van der Waals surface area (Å²) in [5, 5.41) is 0. The van der Waals surface area contributed by atoms with Gasteiger partial charge in [-0.2, -0.15) is 0 Å². The molecule has 0 saturated carbocycles. The van der Waals surface area contributed by atoms with Gasteiger partial charge in [0.2, 0.25) is 0 Å². The van der Waals surface area contributed by atoms with Crippen molar-refractivity contribution in [3.63, 3.8) is 0 Å². The Morgan fingerprint density at radius 2 is 1.91 bits per heavy atom. The van der Waals surface area contributed by atoms with Gasteiger partial charge < -0.3 is 10.7 Å². The average molecular weight is 313 g/mol. The van der Waals surface area contributed by atoms with Crippen molar-refractivity contribution in [2.24, 2.45) is 12.8 Å². The third-order valence-electron chi connectivity index (χ3n) is 4.31. The standard InChI is InChI=1S/C18H20FN3O/c1-10(2)12-8-7-11(9-14(12)19)16(20)13-5-4-6-15-17(13)21-18(23)22(15)3/h4-10,16H,20H2,1-3H3,(H,21,23)/t16-/m1/s1. The van der Waals surface area contributed by atoms with E-state index >= 15 is 0 Å². The Morgan fingerprint density at radius 1 is 1.17 bits per heavy atom. The van der Waals surface area contributed by atoms with E-state index in [0.29, 0.717) is 16.6 Å². The van der Waals surface area contributed by atoms with Gasteiger partial charge in [0.15, 0.2) is 0 Å². The number of nitrogens with two attached hydrogens (primary N) is 1. The van der Waals surface area contributed by atoms with Crippen molar-refractivity contribution in [1.29, 1.82) is 0 Å². The van der Waals surface area contributed by atoms with Crippen molar-refractivity contribution < 1.29 is 4.39 Å². The normalized spacial score (nSPS) is 13.0. The minimum Gasteiger partial charge on any atom is -0.320 e. The summed E-state index contributed by atoms with van der Waals surface area (Å²) < 4.78 is 15.8. The van der Waals surface area contributed by atoms with Crippen LogP contribution in [0.15, 0.2) is 41.2 Å². The van der Waals surface area contributed by atoms with Crippen LogP contribution in [-0.2, 0) is 7.05 Å². The number of halogens is 1. The molecule has 0 spiro atoms. The van der Waals surface area contributed by atoms with Gasteiger partial charge in [-0.15, -0.1) is 0 Å². The first-order chi connectivity index (χ1) is 10.9. The Hall–Kier alpha value is -2.40. The first kappa shape index (κ1) is 15.5. The van der Waals surface area contributed by atoms with E-state index in [0.717, 1.165) is 11.1 Å². The molecule has 3 N–H and O–H groups in total. The molecule has 1 heterocycles. The molecule has 0 saturated heterocycles. The highest BCUT2D eigenvalue weighted by atomic mass is 19.1. The summed E-state index contributed by atoms with van der Waals surface area (Å²) in [5.74, 6) is -0.129. The third kappa shape index (κ3) is 2.57. The maximum absolute atomic E-state index is 14.2. The van der Waals surface area contributed by atoms with Gasteiger partial charge in [0.25, 0.3) is 0 Å². The number of para-hydroxylation sites is 1. The van der Waals surface area contributed by atoms with E-state index in [1.807, 2.05) is 38.1 Å². The van der Waals surface area contributed by atoms with Crippen LogP contribution in [0.25, 0.3) is 11.0 Å². The molecule has 0 amide bonds. The van der Waals surface area contributed by atoms with E-state index < -0.39 is 6.04 Å². The molecular formula is C18H20FN3O. The van der Waals surface area contributed by atoms with E-state index in [2.05, 4.69) is 4.98 Å². The minimum atomic E-state index is -0.507. The number of benzene rings is 2. The highest BCUT2D eigenvalue weighted by Crippen LogP contribution is 2.28. The number of aromatic amines is 1. The van der Waals surface area contributed by atoms with Gasteiger partial charge in [0.05, 0.1) is 17.1 Å². The smallest absolute Gasteiger partial charge is 0.320 e. The first-order valence-electron chi connectivity index (χ1n) is 7.62. The SMILES string of the molecule is CC(C)c1ccc([C@@H](N)c2cccc3c2[nH]c(=O)n3C)cc1F. The molecule has 0 fully saturated rings. The number of hydrogen-bond acceptors (Lipinski definition) is 2. The predicted molar refractivity (Wildman–Crippen MR) is 90.1 cm³/mol. The predicted octanol–water partition coefficient (Wildman–Crippen LogP) is 3.18. The summed E-state index contributed by atoms with van der Waals surface area (Å²) in [6.07, 6.45) is 0. The molecule has 3 aromatic rings. The summed E-state index contributed by atoms with van der Waals surface area (Å²) in [7, 11) is 1.70. The van der Waals surface area contributed by atoms with Crippen molar-refractivity contribution in [2.45, 2.75) is 25.8 Å². The van der Waals surface area contributed by atoms with Crippen molar-refractivity contribution in [3.8, 4) is 0 Å². The Bertz CT molecular complexity index is 924. The van der Waals surface area contributed by atoms with E-state index in [1.54, 1.807) is 13.1 Å². The van der Waals surface area contributed by atoms with Crippen LogP contribution in [0, 0.1) is 5.82 Å². The fourth-order valence-corrected chi connectivity index (χ4v) is 2.92. The summed E-state index contributed by atoms with van der Waals surface area (Å²) in [6.45, 7) is 3.90. The number of rotatable bonds is 3. The molecule has 120 valence electrons. The second-order valence-electron chi connectivity index (χ2n) is 6.14. The molecule has 0 radical (unpaired) electrons. The lowest BCUT2D eigenvalue weighted by Crippen LogP contribution is -2.13. The topological polar surface area (TPSA) is 63.8 Å². The van der Waals surface area contributed by atoms with Crippen LogP contribution >= 0.6 is 0 Å². The highest BCUT2D eigenvalue weighted by Gasteiger charge is 2.17. The number of hydrogen-bond donors (Lipinski definition) is 2. The fourth-order valence-electron chi connectivity index (χ4n) is 2.92. The lowest BCUT2D eigenvalue weighted by molar-refractivity contribution is 0.594. The molecule has 1 aromatic heterocycles. The Balaban J connectivity index is 2.11. The van der Waals surface area contributed by atoms with Crippen LogP contribution < -0.4 is 11.4 Å². The molecule has 23 heavy (non-hydrogen) atoms. The molecule has 0 aliphatic heterocycles. The van der Waals surface area contributed by atoms with Crippen LogP contribution in [-0.4, -0.2) is 9.55 Å². The molecule has 3 rings (SSSR count). The second kappa shape index (κ2) is 5.66. The molecule has 0 aliphatic carbocycles. The molecular weight excluding hydrogens is 293 g/mol. The van der Waals surface area contributed by atoms with Gasteiger partial charge in [0, 0.05) is 7.05 Å². The highest BCUT2D eigenvalue weighted by molar-refractivity contribution is 5.80. The van der Waals surface area contributed by atoms with Gasteiger partial charge in [-0.25, -0.2) is 9.18 Å². The van der Waals surface area contributed by atoms with Gasteiger partial charge in [-0.3, -0.25) is 4.57 Å². The van der Waals surface area contributed by atoms with Crippen molar-refractivity contribution in [1.82, 2.24) is 9.55 Å². The van der Waals surface area contributed by atoms with E-state index in [-0.39, 0.29) is 17.4 Å². The third-order valence-corrected chi connectivity index (χ3v) is 4.31. The largest absolute Gasteiger partial charge is 0.326 e. The lowest BCUT2D eigenvalue weighted by Gasteiger charge is -2.16. The summed E-state index contributed by atoms with van der Waals surface area (Å²) in [5.41, 5.74) is 9.75. The van der Waals surface area contributed by atoms with Gasteiger partial charge >= 0.3 is 5.69 Å². The monoisotopic (exact) mass is 313 g/mol. The van der Waals surface area contributed by atoms with Crippen LogP contribution in [0.1, 0.15) is 42.5 Å². The number of imidazole rings is 1. The van der Waals surface area contributed by atoms with E-state index in [9.17, 15) is 9.18 Å². The van der Waals surface area contributed by atoms with Crippen molar-refractivity contribution >= 4 is 11.0 Å². The van der Waals surface area contributed by atoms with Crippen molar-refractivity contribution in [3.05, 3.63) is 69.4 Å². The second-order valence-corrected chi connectivity index (χ2v) is 6.14. The number of aromatic nitrogens is 2. The maximum Gasteiger partial charge on any atom is 0.326 e. The van der Waals surface area contributed by atoms with Crippen molar-refractivity contribution in [2.75, 3.05) is 0 Å². The number of H-pyrrole nitrogens is 1. The summed E-state index contributed by atoms with van der Waals surface area (Å²) in [6, 6.07) is 10.2. The Morgan fingerprint density at radius 3 is 2.57 bits per heavy atom. The van der Waals surface area contributed by atoms with Crippen LogP contribution in [0.4, 0.5) is 4.39 Å². The summed E-state index contributed by atoms with van der Waals surface area (Å²) in [4.78, 5) is 14.7. The molecule has 0 bridgehead atoms. The summed E-state index contributed by atoms with van der Waals surface area (Å²) >= 11 is 0. The molecule has 1 atom stereocenters. The molecule has 5 heteroatoms. The Labute approximate surface area is 133 Å². The van der Waals surface area contributed by atoms with Gasteiger partial charge in [0.1, 0.15) is 5.82 Å². The number of nitrogens with one attached hydrogen (secondary N) is 1. The lowest BCUT2D eigenvalue weighted by atomic mass is 9.94. The Kier molecular flexibility index (Phi) is 3.82. The molecule has 0 unspecified atom stereocenters. The van der Waals surface area contributed by atoms with Crippen LogP contribution in [0.2, 0.25) is 0 Å². The molecule has 2 aromatic carbocycles. The first-order valence-corrected chi connectivity index (χ1v) is 7.62. The van der Waals surface area contributed by atoms with Crippen LogP contribution in [0.5, 0.6) is 0 Å². The molecule has 0 aliphatic rings. The zero-order chi connectivity index (χ0) is 16.7. The van der Waals surface area contributed by atoms with E-state index in [4.69, 9.17) is 5.73 Å². The number of fused-ring (bicyclic) bond motifs is 1. The molecule has 4 nitrogen and oxygen atoms in total. The minimum absolute atomic E-state index is 0.120. The quantitative estimate of drug-likeness (QED) is 0.780. The zero-order valence-corrected chi connectivity index (χ0v) is 13.4. The van der Waals surface area contributed by atoms with Gasteiger partial charge in [-0.05, 0) is 34.7 Å².